The molecule has 54 heavy (non-hydrogen) atoms. The number of ether oxygens (including phenoxy) is 1. The normalized spacial score (nSPS) is 36.9. The van der Waals surface area contributed by atoms with Gasteiger partial charge in [0.15, 0.2) is 0 Å². The van der Waals surface area contributed by atoms with Crippen LogP contribution in [-0.2, 0) is 19.1 Å². The second-order valence-corrected chi connectivity index (χ2v) is 20.5. The first-order chi connectivity index (χ1) is 25.2. The van der Waals surface area contributed by atoms with E-state index in [1.54, 1.807) is 13.8 Å². The zero-order chi connectivity index (χ0) is 39.5. The van der Waals surface area contributed by atoms with E-state index in [1.807, 2.05) is 30.3 Å². The number of nitrogens with one attached hydrogen (secondary N) is 2. The first kappa shape index (κ1) is 40.5. The molecule has 0 bridgehead atoms. The lowest BCUT2D eigenvalue weighted by atomic mass is 9.33. The van der Waals surface area contributed by atoms with Crippen LogP contribution >= 0.6 is 0 Å². The number of esters is 1. The van der Waals surface area contributed by atoms with Crippen molar-refractivity contribution < 1.29 is 29.0 Å². The molecular formula is C46H68N2O6. The standard InChI is InChI=1S/C46H68N2O6/c1-29(2)37(38(50)51)48-36(49)16-13-27-47-40(53)46-25-23-41(3,4)28-32(46)31-17-18-34-43(7)21-20-35(54-39(52)30-14-11-10-12-15-30)42(5,6)33(43)19-22-45(34,9)44(31,8)24-26-46/h10-12,14-15,17,29,32-35,37H,13,16,18-28H2,1-9H3,(H,47,53)(H,48,49)(H,50,51)/t32?,33?,34?,35-,37-,43-,44+,45+,46-/m0/s1. The Balaban J connectivity index is 1.20. The van der Waals surface area contributed by atoms with E-state index in [4.69, 9.17) is 4.74 Å². The number of carboxylic acid groups (broad SMARTS) is 1. The number of carbonyl (C=O) groups is 4. The molecule has 1 aromatic rings. The lowest BCUT2D eigenvalue weighted by Gasteiger charge is -2.71. The summed E-state index contributed by atoms with van der Waals surface area (Å²) in [6, 6.07) is 8.47. The summed E-state index contributed by atoms with van der Waals surface area (Å²) in [6.45, 7) is 21.1. The number of carboxylic acids is 1. The summed E-state index contributed by atoms with van der Waals surface area (Å²) in [5.41, 5.74) is 1.87. The van der Waals surface area contributed by atoms with Crippen molar-refractivity contribution in [2.75, 3.05) is 6.54 Å². The van der Waals surface area contributed by atoms with Gasteiger partial charge in [-0.1, -0.05) is 92.2 Å². The van der Waals surface area contributed by atoms with Gasteiger partial charge >= 0.3 is 11.9 Å². The second-order valence-electron chi connectivity index (χ2n) is 20.5. The van der Waals surface area contributed by atoms with E-state index < -0.39 is 17.4 Å². The maximum absolute atomic E-state index is 14.5. The van der Waals surface area contributed by atoms with Gasteiger partial charge < -0.3 is 20.5 Å². The lowest BCUT2D eigenvalue weighted by molar-refractivity contribution is -0.204. The number of hydrogen-bond acceptors (Lipinski definition) is 5. The van der Waals surface area contributed by atoms with Crippen molar-refractivity contribution in [1.29, 1.82) is 0 Å². The molecule has 2 amide bonds. The van der Waals surface area contributed by atoms with Crippen molar-refractivity contribution >= 4 is 23.8 Å². The van der Waals surface area contributed by atoms with Gasteiger partial charge in [-0.3, -0.25) is 9.59 Å². The predicted molar refractivity (Wildman–Crippen MR) is 211 cm³/mol. The van der Waals surface area contributed by atoms with Crippen molar-refractivity contribution in [2.24, 2.45) is 56.2 Å². The maximum atomic E-state index is 14.5. The molecule has 0 saturated heterocycles. The highest BCUT2D eigenvalue weighted by Crippen LogP contribution is 2.76. The second kappa shape index (κ2) is 14.4. The Kier molecular flexibility index (Phi) is 10.8. The van der Waals surface area contributed by atoms with Crippen LogP contribution in [0.3, 0.4) is 0 Å². The number of hydrogen-bond donors (Lipinski definition) is 3. The van der Waals surface area contributed by atoms with Gasteiger partial charge in [0.2, 0.25) is 11.8 Å². The average Bonchev–Trinajstić information content (AvgIpc) is 3.10. The molecule has 9 atom stereocenters. The van der Waals surface area contributed by atoms with Crippen LogP contribution in [0.1, 0.15) is 150 Å². The van der Waals surface area contributed by atoms with Crippen LogP contribution in [0.15, 0.2) is 42.0 Å². The topological polar surface area (TPSA) is 122 Å². The van der Waals surface area contributed by atoms with Gasteiger partial charge in [0.1, 0.15) is 12.1 Å². The first-order valence-electron chi connectivity index (χ1n) is 21.0. The molecule has 4 saturated carbocycles. The molecule has 0 aromatic heterocycles. The van der Waals surface area contributed by atoms with E-state index >= 15 is 0 Å². The van der Waals surface area contributed by atoms with E-state index in [1.165, 1.54) is 5.57 Å². The van der Waals surface area contributed by atoms with Crippen LogP contribution in [0, 0.1) is 56.2 Å². The number of fused-ring (bicyclic) bond motifs is 7. The van der Waals surface area contributed by atoms with Crippen LogP contribution in [0.2, 0.25) is 0 Å². The SMILES string of the molecule is CC(C)[C@H](NC(=O)CCCNC(=O)[C@]12CCC(C)(C)CC1C1=CCC3[C@@]4(C)CC[C@H](OC(=O)c5ccccc5)C(C)(C)C4CC[C@@]3(C)[C@]1(C)CC2)C(=O)O. The molecule has 3 unspecified atom stereocenters. The Morgan fingerprint density at radius 1 is 0.870 bits per heavy atom. The molecule has 5 aliphatic carbocycles. The molecular weight excluding hydrogens is 677 g/mol. The quantitative estimate of drug-likeness (QED) is 0.125. The van der Waals surface area contributed by atoms with Crippen LogP contribution in [-0.4, -0.2) is 47.6 Å². The monoisotopic (exact) mass is 745 g/mol. The number of amides is 2. The zero-order valence-corrected chi connectivity index (χ0v) is 34.6. The summed E-state index contributed by atoms with van der Waals surface area (Å²) in [7, 11) is 0. The van der Waals surface area contributed by atoms with Gasteiger partial charge in [0.05, 0.1) is 11.0 Å². The van der Waals surface area contributed by atoms with Gasteiger partial charge in [0.25, 0.3) is 0 Å². The highest BCUT2D eigenvalue weighted by Gasteiger charge is 2.69. The van der Waals surface area contributed by atoms with E-state index in [0.29, 0.717) is 30.4 Å². The third kappa shape index (κ3) is 6.73. The number of benzene rings is 1. The Labute approximate surface area is 324 Å². The average molecular weight is 745 g/mol. The molecule has 298 valence electrons. The molecule has 0 aliphatic heterocycles. The summed E-state index contributed by atoms with van der Waals surface area (Å²) in [4.78, 5) is 51.9. The van der Waals surface area contributed by atoms with Gasteiger partial charge in [-0.2, -0.15) is 0 Å². The largest absolute Gasteiger partial charge is 0.480 e. The number of carbonyl (C=O) groups excluding carboxylic acids is 3. The third-order valence-electron chi connectivity index (χ3n) is 16.4. The fraction of sp³-hybridized carbons (Fsp3) is 0.739. The molecule has 3 N–H and O–H groups in total. The number of aliphatic carboxylic acids is 1. The summed E-state index contributed by atoms with van der Waals surface area (Å²) in [5, 5.41) is 15.4. The van der Waals surface area contributed by atoms with Gasteiger partial charge in [-0.25, -0.2) is 9.59 Å². The highest BCUT2D eigenvalue weighted by atomic mass is 16.5. The van der Waals surface area contributed by atoms with Crippen molar-refractivity contribution in [3.8, 4) is 0 Å². The molecule has 8 nitrogen and oxygen atoms in total. The van der Waals surface area contributed by atoms with Gasteiger partial charge in [-0.05, 0) is 128 Å². The molecule has 5 aliphatic rings. The minimum absolute atomic E-state index is 0.0122. The van der Waals surface area contributed by atoms with Crippen LogP contribution in [0.25, 0.3) is 0 Å². The summed E-state index contributed by atoms with van der Waals surface area (Å²) < 4.78 is 6.31. The van der Waals surface area contributed by atoms with Crippen molar-refractivity contribution in [3.05, 3.63) is 47.5 Å². The molecule has 6 rings (SSSR count). The summed E-state index contributed by atoms with van der Waals surface area (Å²) in [6.07, 6.45) is 13.1. The zero-order valence-electron chi connectivity index (χ0n) is 34.6. The molecule has 0 spiro atoms. The Bertz CT molecular complexity index is 1650. The van der Waals surface area contributed by atoms with E-state index in [2.05, 4.69) is 65.2 Å². The summed E-state index contributed by atoms with van der Waals surface area (Å²) in [5.74, 6) is -0.503. The Morgan fingerprint density at radius 2 is 1.56 bits per heavy atom. The van der Waals surface area contributed by atoms with Crippen molar-refractivity contribution in [3.63, 3.8) is 0 Å². The molecule has 0 radical (unpaired) electrons. The predicted octanol–water partition coefficient (Wildman–Crippen LogP) is 9.14. The van der Waals surface area contributed by atoms with Crippen LogP contribution in [0.5, 0.6) is 0 Å². The molecule has 4 fully saturated rings. The highest BCUT2D eigenvalue weighted by molar-refractivity contribution is 5.89. The fourth-order valence-corrected chi connectivity index (χ4v) is 13.0. The van der Waals surface area contributed by atoms with E-state index in [-0.39, 0.29) is 69.2 Å². The molecule has 8 heteroatoms. The van der Waals surface area contributed by atoms with E-state index in [9.17, 15) is 24.3 Å². The van der Waals surface area contributed by atoms with Crippen molar-refractivity contribution in [1.82, 2.24) is 10.6 Å². The van der Waals surface area contributed by atoms with Gasteiger partial charge in [-0.15, -0.1) is 0 Å². The summed E-state index contributed by atoms with van der Waals surface area (Å²) >= 11 is 0. The van der Waals surface area contributed by atoms with Crippen LogP contribution < -0.4 is 10.6 Å². The molecule has 0 heterocycles. The smallest absolute Gasteiger partial charge is 0.338 e. The third-order valence-corrected chi connectivity index (χ3v) is 16.4. The van der Waals surface area contributed by atoms with Crippen LogP contribution in [0.4, 0.5) is 0 Å². The van der Waals surface area contributed by atoms with Gasteiger partial charge in [0, 0.05) is 18.4 Å². The number of rotatable bonds is 10. The lowest BCUT2D eigenvalue weighted by Crippen LogP contribution is -2.65. The minimum Gasteiger partial charge on any atom is -0.480 e. The Hall–Kier alpha value is -3.16. The van der Waals surface area contributed by atoms with E-state index in [0.717, 1.165) is 64.2 Å². The fourth-order valence-electron chi connectivity index (χ4n) is 13.0. The Morgan fingerprint density at radius 3 is 2.22 bits per heavy atom. The first-order valence-corrected chi connectivity index (χ1v) is 21.0. The maximum Gasteiger partial charge on any atom is 0.338 e. The number of allylic oxidation sites excluding steroid dienone is 2. The van der Waals surface area contributed by atoms with Crippen molar-refractivity contribution in [2.45, 2.75) is 152 Å². The minimum atomic E-state index is -1.03. The molecule has 1 aromatic carbocycles.